The van der Waals surface area contributed by atoms with Gasteiger partial charge in [0.05, 0.1) is 18.1 Å². The van der Waals surface area contributed by atoms with Crippen LogP contribution in [0.2, 0.25) is 0 Å². The number of hydrogen-bond donors (Lipinski definition) is 2. The van der Waals surface area contributed by atoms with Crippen molar-refractivity contribution >= 4 is 5.97 Å². The van der Waals surface area contributed by atoms with Gasteiger partial charge in [0.2, 0.25) is 0 Å². The van der Waals surface area contributed by atoms with Crippen LogP contribution in [0.1, 0.15) is 106 Å². The maximum atomic E-state index is 13.8. The van der Waals surface area contributed by atoms with Crippen molar-refractivity contribution in [1.29, 1.82) is 0 Å². The summed E-state index contributed by atoms with van der Waals surface area (Å²) in [5, 5.41) is 21.5. The summed E-state index contributed by atoms with van der Waals surface area (Å²) >= 11 is 0. The standard InChI is InChI=1S/C34H54O4/c1-21(2)19-38-29(37)34-16-11-23(22(3)4)28(34)24-9-10-26-30(5)14-13-27(36)31(6,20-35)25(30)12-15-33(26,8)32(24,7)17-18-34/h23-28,35-36H,1,3,9-20H2,2,4-8H3/t23-,24?,25?,26?,27-,28?,30-,31-,32+,33+,34-/m0/s1. The van der Waals surface area contributed by atoms with E-state index in [4.69, 9.17) is 4.74 Å². The summed E-state index contributed by atoms with van der Waals surface area (Å²) in [7, 11) is 0. The Bertz CT molecular complexity index is 1000. The molecular weight excluding hydrogens is 472 g/mol. The van der Waals surface area contributed by atoms with E-state index in [1.54, 1.807) is 0 Å². The molecule has 214 valence electrons. The number of ether oxygens (including phenoxy) is 1. The van der Waals surface area contributed by atoms with Gasteiger partial charge in [-0.1, -0.05) is 46.4 Å². The molecule has 0 aromatic rings. The fraction of sp³-hybridized carbons (Fsp3) is 0.853. The molecule has 0 radical (unpaired) electrons. The molecule has 0 bridgehead atoms. The third kappa shape index (κ3) is 3.57. The Hall–Kier alpha value is -1.13. The van der Waals surface area contributed by atoms with Crippen LogP contribution >= 0.6 is 0 Å². The van der Waals surface area contributed by atoms with E-state index < -0.39 is 16.9 Å². The molecule has 4 heteroatoms. The number of hydrogen-bond acceptors (Lipinski definition) is 4. The van der Waals surface area contributed by atoms with Crippen LogP contribution in [0.25, 0.3) is 0 Å². The van der Waals surface area contributed by atoms with Crippen molar-refractivity contribution in [3.05, 3.63) is 24.3 Å². The van der Waals surface area contributed by atoms with Gasteiger partial charge in [-0.3, -0.25) is 4.79 Å². The predicted molar refractivity (Wildman–Crippen MR) is 152 cm³/mol. The second-order valence-corrected chi connectivity index (χ2v) is 15.6. The van der Waals surface area contributed by atoms with E-state index in [9.17, 15) is 15.0 Å². The van der Waals surface area contributed by atoms with Gasteiger partial charge < -0.3 is 14.9 Å². The molecule has 5 rings (SSSR count). The van der Waals surface area contributed by atoms with E-state index >= 15 is 0 Å². The van der Waals surface area contributed by atoms with Gasteiger partial charge >= 0.3 is 5.97 Å². The van der Waals surface area contributed by atoms with E-state index in [0.29, 0.717) is 36.2 Å². The fourth-order valence-electron chi connectivity index (χ4n) is 11.9. The minimum Gasteiger partial charge on any atom is -0.461 e. The van der Waals surface area contributed by atoms with Crippen LogP contribution in [0.3, 0.4) is 0 Å². The molecule has 0 heterocycles. The Morgan fingerprint density at radius 2 is 1.58 bits per heavy atom. The number of esters is 1. The number of allylic oxidation sites excluding steroid dienone is 1. The van der Waals surface area contributed by atoms with Crippen molar-refractivity contribution in [2.24, 2.45) is 56.7 Å². The molecule has 0 aliphatic heterocycles. The number of fused-ring (bicyclic) bond motifs is 7. The Kier molecular flexibility index (Phi) is 6.87. The lowest BCUT2D eigenvalue weighted by Gasteiger charge is -2.72. The minimum absolute atomic E-state index is 0.0132. The van der Waals surface area contributed by atoms with Crippen LogP contribution in [0, 0.1) is 56.7 Å². The SMILES string of the molecule is C=C(C)COC(=O)[C@]12CC[C@@H](C(=C)C)C1C1CCC3[C@@]4(C)CC[C@H](O)[C@@](C)(CO)C4CC[C@@]3(C)[C@]1(C)CC2. The molecule has 11 atom stereocenters. The smallest absolute Gasteiger partial charge is 0.312 e. The Morgan fingerprint density at radius 1 is 0.868 bits per heavy atom. The van der Waals surface area contributed by atoms with E-state index in [1.165, 1.54) is 12.0 Å². The molecule has 2 N–H and O–H groups in total. The van der Waals surface area contributed by atoms with Crippen LogP contribution in [0.4, 0.5) is 0 Å². The third-order valence-corrected chi connectivity index (χ3v) is 14.0. The molecule has 0 spiro atoms. The number of carbonyl (C=O) groups is 1. The topological polar surface area (TPSA) is 66.8 Å². The Labute approximate surface area is 231 Å². The van der Waals surface area contributed by atoms with Crippen molar-refractivity contribution < 1.29 is 19.7 Å². The molecule has 5 fully saturated rings. The van der Waals surface area contributed by atoms with Crippen molar-refractivity contribution in [3.63, 3.8) is 0 Å². The third-order valence-electron chi connectivity index (χ3n) is 14.0. The van der Waals surface area contributed by atoms with Crippen molar-refractivity contribution in [1.82, 2.24) is 0 Å². The zero-order valence-electron chi connectivity index (χ0n) is 25.1. The van der Waals surface area contributed by atoms with Crippen LogP contribution in [0.15, 0.2) is 24.3 Å². The zero-order valence-corrected chi connectivity index (χ0v) is 25.1. The lowest BCUT2D eigenvalue weighted by molar-refractivity contribution is -0.254. The van der Waals surface area contributed by atoms with Crippen LogP contribution in [-0.4, -0.2) is 35.5 Å². The van der Waals surface area contributed by atoms with Gasteiger partial charge in [-0.25, -0.2) is 0 Å². The first-order valence-electron chi connectivity index (χ1n) is 15.5. The Balaban J connectivity index is 1.53. The fourth-order valence-corrected chi connectivity index (χ4v) is 11.9. The molecule has 0 saturated heterocycles. The maximum Gasteiger partial charge on any atom is 0.312 e. The molecule has 0 aromatic heterocycles. The number of carbonyl (C=O) groups excluding carboxylic acids is 1. The van der Waals surface area contributed by atoms with E-state index in [-0.39, 0.29) is 28.8 Å². The maximum absolute atomic E-state index is 13.8. The molecule has 5 saturated carbocycles. The molecule has 4 unspecified atom stereocenters. The molecule has 0 amide bonds. The lowest BCUT2D eigenvalue weighted by Crippen LogP contribution is -2.67. The monoisotopic (exact) mass is 526 g/mol. The van der Waals surface area contributed by atoms with Crippen LogP contribution < -0.4 is 0 Å². The summed E-state index contributed by atoms with van der Waals surface area (Å²) in [6.07, 6.45) is 9.91. The average Bonchev–Trinajstić information content (AvgIpc) is 3.27. The second-order valence-electron chi connectivity index (χ2n) is 15.6. The second kappa shape index (κ2) is 9.20. The van der Waals surface area contributed by atoms with Gasteiger partial charge in [0.1, 0.15) is 6.61 Å². The first kappa shape index (κ1) is 28.4. The minimum atomic E-state index is -0.419. The van der Waals surface area contributed by atoms with Gasteiger partial charge in [-0.2, -0.15) is 0 Å². The summed E-state index contributed by atoms with van der Waals surface area (Å²) in [6, 6.07) is 0. The average molecular weight is 527 g/mol. The van der Waals surface area contributed by atoms with Gasteiger partial charge in [0.15, 0.2) is 0 Å². The van der Waals surface area contributed by atoms with Crippen molar-refractivity contribution in [2.45, 2.75) is 112 Å². The molecule has 4 nitrogen and oxygen atoms in total. The van der Waals surface area contributed by atoms with Gasteiger partial charge in [-0.15, -0.1) is 0 Å². The van der Waals surface area contributed by atoms with Crippen LogP contribution in [0.5, 0.6) is 0 Å². The molecule has 5 aliphatic rings. The number of aliphatic hydroxyl groups excluding tert-OH is 2. The van der Waals surface area contributed by atoms with E-state index in [0.717, 1.165) is 63.4 Å². The number of aliphatic hydroxyl groups is 2. The lowest BCUT2D eigenvalue weighted by atomic mass is 9.32. The first-order chi connectivity index (χ1) is 17.7. The molecule has 5 aliphatic carbocycles. The molecule has 0 aromatic carbocycles. The van der Waals surface area contributed by atoms with Crippen LogP contribution in [-0.2, 0) is 9.53 Å². The highest BCUT2D eigenvalue weighted by Crippen LogP contribution is 2.77. The zero-order chi connectivity index (χ0) is 27.9. The summed E-state index contributed by atoms with van der Waals surface area (Å²) in [5.41, 5.74) is 1.76. The summed E-state index contributed by atoms with van der Waals surface area (Å²) in [6.45, 7) is 22.7. The van der Waals surface area contributed by atoms with Crippen molar-refractivity contribution in [2.75, 3.05) is 13.2 Å². The van der Waals surface area contributed by atoms with E-state index in [2.05, 4.69) is 47.8 Å². The molecular formula is C34H54O4. The Morgan fingerprint density at radius 3 is 2.21 bits per heavy atom. The van der Waals surface area contributed by atoms with Crippen molar-refractivity contribution in [3.8, 4) is 0 Å². The largest absolute Gasteiger partial charge is 0.461 e. The summed E-state index contributed by atoms with van der Waals surface area (Å²) in [4.78, 5) is 13.8. The highest BCUT2D eigenvalue weighted by molar-refractivity contribution is 5.78. The van der Waals surface area contributed by atoms with Gasteiger partial charge in [0, 0.05) is 5.41 Å². The van der Waals surface area contributed by atoms with Gasteiger partial charge in [0.25, 0.3) is 0 Å². The quantitative estimate of drug-likeness (QED) is 0.296. The predicted octanol–water partition coefficient (Wildman–Crippen LogP) is 7.10. The highest BCUT2D eigenvalue weighted by atomic mass is 16.5. The number of rotatable bonds is 5. The summed E-state index contributed by atoms with van der Waals surface area (Å²) in [5.74, 6) is 2.09. The first-order valence-corrected chi connectivity index (χ1v) is 15.5. The van der Waals surface area contributed by atoms with E-state index in [1.807, 2.05) is 6.92 Å². The highest BCUT2D eigenvalue weighted by Gasteiger charge is 2.72. The normalized spacial score (nSPS) is 51.7. The summed E-state index contributed by atoms with van der Waals surface area (Å²) < 4.78 is 5.94. The molecule has 38 heavy (non-hydrogen) atoms. The van der Waals surface area contributed by atoms with Gasteiger partial charge in [-0.05, 0) is 129 Å².